The molecule has 0 saturated carbocycles. The number of rotatable bonds is 5. The standard InChI is InChI=1S/C15H23NO2S2/c1-3-15(4-6-17-7-5-15)11-18-13(1)10-19-8-2-14-9-16-12-20-14/h9,12-13H,1-8,10-11H2. The van der Waals surface area contributed by atoms with Crippen LogP contribution in [0.2, 0.25) is 0 Å². The van der Waals surface area contributed by atoms with Gasteiger partial charge in [-0.1, -0.05) is 0 Å². The monoisotopic (exact) mass is 313 g/mol. The maximum absolute atomic E-state index is 6.12. The highest BCUT2D eigenvalue weighted by molar-refractivity contribution is 7.99. The van der Waals surface area contributed by atoms with Gasteiger partial charge >= 0.3 is 0 Å². The molecule has 3 rings (SSSR count). The van der Waals surface area contributed by atoms with E-state index < -0.39 is 0 Å². The number of thioether (sulfide) groups is 1. The number of aryl methyl sites for hydroxylation is 1. The number of ether oxygens (including phenoxy) is 2. The van der Waals surface area contributed by atoms with Crippen molar-refractivity contribution in [3.63, 3.8) is 0 Å². The summed E-state index contributed by atoms with van der Waals surface area (Å²) in [7, 11) is 0. The summed E-state index contributed by atoms with van der Waals surface area (Å²) >= 11 is 3.78. The Morgan fingerprint density at radius 2 is 2.25 bits per heavy atom. The summed E-state index contributed by atoms with van der Waals surface area (Å²) in [5.41, 5.74) is 2.36. The molecule has 1 aromatic heterocycles. The lowest BCUT2D eigenvalue weighted by atomic mass is 9.75. The number of nitrogens with zero attached hydrogens (tertiary/aromatic N) is 1. The Morgan fingerprint density at radius 1 is 1.35 bits per heavy atom. The molecule has 1 atom stereocenters. The Balaban J connectivity index is 1.32. The van der Waals surface area contributed by atoms with Crippen molar-refractivity contribution in [1.29, 1.82) is 0 Å². The molecule has 3 nitrogen and oxygen atoms in total. The first-order valence-electron chi connectivity index (χ1n) is 7.51. The van der Waals surface area contributed by atoms with Gasteiger partial charge in [-0.3, -0.25) is 4.98 Å². The van der Waals surface area contributed by atoms with Gasteiger partial charge in [-0.25, -0.2) is 0 Å². The summed E-state index contributed by atoms with van der Waals surface area (Å²) in [6.45, 7) is 2.81. The Hall–Kier alpha value is -0.100. The van der Waals surface area contributed by atoms with E-state index >= 15 is 0 Å². The predicted molar refractivity (Wildman–Crippen MR) is 84.6 cm³/mol. The van der Waals surface area contributed by atoms with E-state index in [9.17, 15) is 0 Å². The average molecular weight is 313 g/mol. The number of thiazole rings is 1. The molecule has 0 aliphatic carbocycles. The van der Waals surface area contributed by atoms with Crippen LogP contribution in [0.1, 0.15) is 30.6 Å². The smallest absolute Gasteiger partial charge is 0.0794 e. The third kappa shape index (κ3) is 3.97. The SMILES string of the molecule is c1ncc(CCSCC2CCC3(CCOCC3)CO2)s1. The van der Waals surface area contributed by atoms with Gasteiger partial charge in [-0.2, -0.15) is 11.8 Å². The molecule has 0 N–H and O–H groups in total. The highest BCUT2D eigenvalue weighted by atomic mass is 32.2. The van der Waals surface area contributed by atoms with Crippen LogP contribution < -0.4 is 0 Å². The fourth-order valence-corrected chi connectivity index (χ4v) is 4.79. The van der Waals surface area contributed by atoms with E-state index in [0.717, 1.165) is 32.0 Å². The molecule has 1 aromatic rings. The first-order valence-corrected chi connectivity index (χ1v) is 9.54. The maximum Gasteiger partial charge on any atom is 0.0794 e. The van der Waals surface area contributed by atoms with Gasteiger partial charge in [-0.05, 0) is 43.3 Å². The molecule has 5 heteroatoms. The van der Waals surface area contributed by atoms with Crippen molar-refractivity contribution in [2.75, 3.05) is 31.3 Å². The van der Waals surface area contributed by atoms with Gasteiger partial charge in [0.2, 0.25) is 0 Å². The van der Waals surface area contributed by atoms with Crippen molar-refractivity contribution in [1.82, 2.24) is 4.98 Å². The second-order valence-corrected chi connectivity index (χ2v) is 8.00. The zero-order valence-electron chi connectivity index (χ0n) is 11.9. The van der Waals surface area contributed by atoms with E-state index in [1.54, 1.807) is 11.3 Å². The second-order valence-electron chi connectivity index (χ2n) is 5.88. The Kier molecular flexibility index (Phi) is 5.37. The summed E-state index contributed by atoms with van der Waals surface area (Å²) < 4.78 is 11.6. The van der Waals surface area contributed by atoms with Crippen molar-refractivity contribution in [2.24, 2.45) is 5.41 Å². The van der Waals surface area contributed by atoms with E-state index in [4.69, 9.17) is 9.47 Å². The first-order chi connectivity index (χ1) is 9.86. The van der Waals surface area contributed by atoms with Crippen molar-refractivity contribution >= 4 is 23.1 Å². The number of aromatic nitrogens is 1. The van der Waals surface area contributed by atoms with Gasteiger partial charge < -0.3 is 9.47 Å². The molecule has 20 heavy (non-hydrogen) atoms. The zero-order valence-corrected chi connectivity index (χ0v) is 13.5. The van der Waals surface area contributed by atoms with E-state index in [1.807, 2.05) is 23.5 Å². The van der Waals surface area contributed by atoms with Crippen LogP contribution in [-0.4, -0.2) is 42.4 Å². The summed E-state index contributed by atoms with van der Waals surface area (Å²) in [5, 5.41) is 0. The molecular weight excluding hydrogens is 290 g/mol. The molecule has 0 radical (unpaired) electrons. The lowest BCUT2D eigenvalue weighted by Gasteiger charge is -2.42. The van der Waals surface area contributed by atoms with Crippen molar-refractivity contribution in [3.05, 3.63) is 16.6 Å². The van der Waals surface area contributed by atoms with Gasteiger partial charge in [0, 0.05) is 30.0 Å². The van der Waals surface area contributed by atoms with E-state index in [-0.39, 0.29) is 0 Å². The summed E-state index contributed by atoms with van der Waals surface area (Å²) in [6.07, 6.45) is 8.54. The molecule has 2 aliphatic heterocycles. The predicted octanol–water partition coefficient (Wildman–Crippen LogP) is 3.39. The average Bonchev–Trinajstić information content (AvgIpc) is 3.00. The van der Waals surface area contributed by atoms with E-state index in [1.165, 1.54) is 36.3 Å². The van der Waals surface area contributed by atoms with Crippen LogP contribution in [0.5, 0.6) is 0 Å². The van der Waals surface area contributed by atoms with Crippen LogP contribution >= 0.6 is 23.1 Å². The maximum atomic E-state index is 6.12. The van der Waals surface area contributed by atoms with Gasteiger partial charge in [-0.15, -0.1) is 11.3 Å². The molecule has 2 fully saturated rings. The van der Waals surface area contributed by atoms with Gasteiger partial charge in [0.15, 0.2) is 0 Å². The molecule has 0 amide bonds. The number of hydrogen-bond donors (Lipinski definition) is 0. The lowest BCUT2D eigenvalue weighted by molar-refractivity contribution is -0.0979. The van der Waals surface area contributed by atoms with Crippen molar-refractivity contribution in [2.45, 2.75) is 38.2 Å². The van der Waals surface area contributed by atoms with Crippen LogP contribution in [0, 0.1) is 5.41 Å². The van der Waals surface area contributed by atoms with Crippen LogP contribution in [-0.2, 0) is 15.9 Å². The zero-order chi connectivity index (χ0) is 13.7. The Bertz CT molecular complexity index is 381. The van der Waals surface area contributed by atoms with Gasteiger partial charge in [0.25, 0.3) is 0 Å². The van der Waals surface area contributed by atoms with E-state index in [0.29, 0.717) is 11.5 Å². The molecule has 1 spiro atoms. The van der Waals surface area contributed by atoms with Crippen molar-refractivity contribution < 1.29 is 9.47 Å². The normalized spacial score (nSPS) is 25.9. The highest BCUT2D eigenvalue weighted by Crippen LogP contribution is 2.40. The third-order valence-electron chi connectivity index (χ3n) is 4.46. The van der Waals surface area contributed by atoms with Crippen LogP contribution in [0.3, 0.4) is 0 Å². The fraction of sp³-hybridized carbons (Fsp3) is 0.800. The molecule has 3 heterocycles. The molecule has 1 unspecified atom stereocenters. The molecule has 2 aliphatic rings. The lowest BCUT2D eigenvalue weighted by Crippen LogP contribution is -2.41. The highest BCUT2D eigenvalue weighted by Gasteiger charge is 2.37. The minimum Gasteiger partial charge on any atom is -0.381 e. The van der Waals surface area contributed by atoms with Crippen LogP contribution in [0.15, 0.2) is 11.7 Å². The van der Waals surface area contributed by atoms with Crippen LogP contribution in [0.25, 0.3) is 0 Å². The first kappa shape index (κ1) is 14.8. The minimum absolute atomic E-state index is 0.446. The Morgan fingerprint density at radius 3 is 2.95 bits per heavy atom. The molecule has 2 saturated heterocycles. The summed E-state index contributed by atoms with van der Waals surface area (Å²) in [4.78, 5) is 5.51. The quantitative estimate of drug-likeness (QED) is 0.780. The Labute approximate surface area is 129 Å². The van der Waals surface area contributed by atoms with Crippen LogP contribution in [0.4, 0.5) is 0 Å². The molecule has 112 valence electrons. The molecule has 0 aromatic carbocycles. The van der Waals surface area contributed by atoms with Gasteiger partial charge in [0.05, 0.1) is 18.2 Å². The largest absolute Gasteiger partial charge is 0.381 e. The molecular formula is C15H23NO2S2. The minimum atomic E-state index is 0.446. The summed E-state index contributed by atoms with van der Waals surface area (Å²) in [6, 6.07) is 0. The fourth-order valence-electron chi connectivity index (χ4n) is 3.00. The van der Waals surface area contributed by atoms with E-state index in [2.05, 4.69) is 4.98 Å². The molecule has 0 bridgehead atoms. The van der Waals surface area contributed by atoms with Gasteiger partial charge in [0.1, 0.15) is 0 Å². The number of hydrogen-bond acceptors (Lipinski definition) is 5. The topological polar surface area (TPSA) is 31.4 Å². The summed E-state index contributed by atoms with van der Waals surface area (Å²) in [5.74, 6) is 2.33. The third-order valence-corrected chi connectivity index (χ3v) is 6.40. The van der Waals surface area contributed by atoms with Crippen molar-refractivity contribution in [3.8, 4) is 0 Å². The second kappa shape index (κ2) is 7.25.